The van der Waals surface area contributed by atoms with Gasteiger partial charge in [-0.05, 0) is 19.9 Å². The molecule has 2 aliphatic rings. The van der Waals surface area contributed by atoms with E-state index in [1.807, 2.05) is 0 Å². The molecule has 0 amide bonds. The van der Waals surface area contributed by atoms with Crippen LogP contribution in [0.4, 0.5) is 0 Å². The topological polar surface area (TPSA) is 24.5 Å². The van der Waals surface area contributed by atoms with E-state index in [0.717, 1.165) is 25.0 Å². The average Bonchev–Trinajstić information content (AvgIpc) is 2.78. The van der Waals surface area contributed by atoms with Crippen LogP contribution >= 0.6 is 11.8 Å². The Labute approximate surface area is 110 Å². The molecule has 0 radical (unpaired) electrons. The molecule has 2 unspecified atom stereocenters. The van der Waals surface area contributed by atoms with Gasteiger partial charge in [-0.15, -0.1) is 0 Å². The lowest BCUT2D eigenvalue weighted by atomic mass is 9.86. The molecule has 0 saturated carbocycles. The normalized spacial score (nSPS) is 35.3. The fourth-order valence-corrected chi connectivity index (χ4v) is 4.24. The van der Waals surface area contributed by atoms with Crippen LogP contribution in [0.25, 0.3) is 0 Å². The third-order valence-corrected chi connectivity index (χ3v) is 5.35. The molecule has 100 valence electrons. The highest BCUT2D eigenvalue weighted by Gasteiger charge is 2.37. The van der Waals surface area contributed by atoms with Crippen LogP contribution in [0, 0.1) is 5.41 Å². The Bertz CT molecular complexity index is 231. The maximum atomic E-state index is 5.64. The molecular weight excluding hydrogens is 232 g/mol. The molecule has 0 aliphatic carbocycles. The minimum atomic E-state index is 0.370. The molecule has 0 spiro atoms. The SMILES string of the molecule is CCC1CN(CC2(CNC)CCOC2)CCS1. The van der Waals surface area contributed by atoms with Crippen LogP contribution in [0.3, 0.4) is 0 Å². The summed E-state index contributed by atoms with van der Waals surface area (Å²) in [6.07, 6.45) is 2.52. The van der Waals surface area contributed by atoms with Gasteiger partial charge in [0.15, 0.2) is 0 Å². The van der Waals surface area contributed by atoms with Crippen molar-refractivity contribution in [1.82, 2.24) is 10.2 Å². The number of thioether (sulfide) groups is 1. The Morgan fingerprint density at radius 2 is 2.41 bits per heavy atom. The van der Waals surface area contributed by atoms with Crippen LogP contribution in [0.15, 0.2) is 0 Å². The molecule has 2 atom stereocenters. The Balaban J connectivity index is 1.88. The van der Waals surface area contributed by atoms with Gasteiger partial charge in [-0.3, -0.25) is 0 Å². The van der Waals surface area contributed by atoms with Gasteiger partial charge in [-0.25, -0.2) is 0 Å². The van der Waals surface area contributed by atoms with Gasteiger partial charge in [0.05, 0.1) is 6.61 Å². The Hall–Kier alpha value is 0.230. The second-order valence-corrected chi connectivity index (χ2v) is 6.88. The van der Waals surface area contributed by atoms with Crippen molar-refractivity contribution in [3.63, 3.8) is 0 Å². The van der Waals surface area contributed by atoms with Crippen molar-refractivity contribution in [2.24, 2.45) is 5.41 Å². The van der Waals surface area contributed by atoms with Crippen molar-refractivity contribution in [3.05, 3.63) is 0 Å². The smallest absolute Gasteiger partial charge is 0.0547 e. The maximum Gasteiger partial charge on any atom is 0.0547 e. The van der Waals surface area contributed by atoms with E-state index in [1.54, 1.807) is 0 Å². The minimum absolute atomic E-state index is 0.370. The molecule has 0 aromatic rings. The monoisotopic (exact) mass is 258 g/mol. The Morgan fingerprint density at radius 3 is 3.06 bits per heavy atom. The number of rotatable bonds is 5. The number of nitrogens with zero attached hydrogens (tertiary/aromatic N) is 1. The van der Waals surface area contributed by atoms with Crippen molar-refractivity contribution in [2.45, 2.75) is 25.0 Å². The minimum Gasteiger partial charge on any atom is -0.381 e. The highest BCUT2D eigenvalue weighted by Crippen LogP contribution is 2.31. The van der Waals surface area contributed by atoms with E-state index in [4.69, 9.17) is 4.74 Å². The first-order chi connectivity index (χ1) is 8.28. The highest BCUT2D eigenvalue weighted by atomic mass is 32.2. The fraction of sp³-hybridized carbons (Fsp3) is 1.00. The third kappa shape index (κ3) is 3.60. The molecule has 3 nitrogen and oxygen atoms in total. The first kappa shape index (κ1) is 13.7. The lowest BCUT2D eigenvalue weighted by molar-refractivity contribution is 0.111. The van der Waals surface area contributed by atoms with E-state index in [9.17, 15) is 0 Å². The van der Waals surface area contributed by atoms with Crippen molar-refractivity contribution in [3.8, 4) is 0 Å². The summed E-state index contributed by atoms with van der Waals surface area (Å²) in [5.41, 5.74) is 0.370. The maximum absolute atomic E-state index is 5.64. The predicted octanol–water partition coefficient (Wildman–Crippen LogP) is 1.44. The van der Waals surface area contributed by atoms with E-state index < -0.39 is 0 Å². The second kappa shape index (κ2) is 6.41. The predicted molar refractivity (Wildman–Crippen MR) is 74.8 cm³/mol. The molecule has 2 aliphatic heterocycles. The summed E-state index contributed by atoms with van der Waals surface area (Å²) in [5.74, 6) is 1.30. The molecule has 0 aromatic carbocycles. The van der Waals surface area contributed by atoms with E-state index in [0.29, 0.717) is 5.41 Å². The first-order valence-corrected chi connectivity index (χ1v) is 7.89. The summed E-state index contributed by atoms with van der Waals surface area (Å²) >= 11 is 2.15. The van der Waals surface area contributed by atoms with Crippen LogP contribution in [0.2, 0.25) is 0 Å². The zero-order valence-corrected chi connectivity index (χ0v) is 12.0. The summed E-state index contributed by atoms with van der Waals surface area (Å²) < 4.78 is 5.64. The Kier molecular flexibility index (Phi) is 5.15. The van der Waals surface area contributed by atoms with Gasteiger partial charge < -0.3 is 15.0 Å². The van der Waals surface area contributed by atoms with Crippen molar-refractivity contribution in [2.75, 3.05) is 52.2 Å². The molecule has 0 bridgehead atoms. The summed E-state index contributed by atoms with van der Waals surface area (Å²) in [5, 5.41) is 4.20. The fourth-order valence-electron chi connectivity index (χ4n) is 2.99. The van der Waals surface area contributed by atoms with E-state index >= 15 is 0 Å². The van der Waals surface area contributed by atoms with Gasteiger partial charge in [0, 0.05) is 49.2 Å². The number of nitrogens with one attached hydrogen (secondary N) is 1. The van der Waals surface area contributed by atoms with Crippen LogP contribution in [-0.4, -0.2) is 62.3 Å². The van der Waals surface area contributed by atoms with E-state index in [-0.39, 0.29) is 0 Å². The molecule has 2 saturated heterocycles. The van der Waals surface area contributed by atoms with Crippen LogP contribution in [-0.2, 0) is 4.74 Å². The van der Waals surface area contributed by atoms with Crippen molar-refractivity contribution in [1.29, 1.82) is 0 Å². The Morgan fingerprint density at radius 1 is 1.53 bits per heavy atom. The third-order valence-electron chi connectivity index (χ3n) is 3.97. The quantitative estimate of drug-likeness (QED) is 0.806. The standard InChI is InChI=1S/C13H26N2OS/c1-3-12-8-15(5-7-17-12)10-13(9-14-2)4-6-16-11-13/h12,14H,3-11H2,1-2H3. The summed E-state index contributed by atoms with van der Waals surface area (Å²) in [7, 11) is 2.06. The second-order valence-electron chi connectivity index (χ2n) is 5.47. The number of hydrogen-bond acceptors (Lipinski definition) is 4. The van der Waals surface area contributed by atoms with Gasteiger partial charge in [0.1, 0.15) is 0 Å². The van der Waals surface area contributed by atoms with Gasteiger partial charge in [-0.1, -0.05) is 6.92 Å². The lowest BCUT2D eigenvalue weighted by Gasteiger charge is -2.38. The zero-order valence-electron chi connectivity index (χ0n) is 11.2. The average molecular weight is 258 g/mol. The number of hydrogen-bond donors (Lipinski definition) is 1. The van der Waals surface area contributed by atoms with Gasteiger partial charge in [0.2, 0.25) is 0 Å². The van der Waals surface area contributed by atoms with Gasteiger partial charge >= 0.3 is 0 Å². The van der Waals surface area contributed by atoms with Gasteiger partial charge in [0.25, 0.3) is 0 Å². The zero-order chi connectivity index (χ0) is 12.1. The van der Waals surface area contributed by atoms with Crippen molar-refractivity contribution < 1.29 is 4.74 Å². The molecule has 4 heteroatoms. The first-order valence-electron chi connectivity index (χ1n) is 6.84. The summed E-state index contributed by atoms with van der Waals surface area (Å²) in [4.78, 5) is 2.66. The van der Waals surface area contributed by atoms with Crippen LogP contribution in [0.5, 0.6) is 0 Å². The molecule has 2 fully saturated rings. The number of ether oxygens (including phenoxy) is 1. The summed E-state index contributed by atoms with van der Waals surface area (Å²) in [6.45, 7) is 9.02. The van der Waals surface area contributed by atoms with Crippen molar-refractivity contribution >= 4 is 11.8 Å². The van der Waals surface area contributed by atoms with Crippen LogP contribution < -0.4 is 5.32 Å². The molecule has 2 heterocycles. The molecule has 1 N–H and O–H groups in total. The highest BCUT2D eigenvalue weighted by molar-refractivity contribution is 8.00. The lowest BCUT2D eigenvalue weighted by Crippen LogP contribution is -2.48. The largest absolute Gasteiger partial charge is 0.381 e. The molecular formula is C13H26N2OS. The molecule has 17 heavy (non-hydrogen) atoms. The summed E-state index contributed by atoms with van der Waals surface area (Å²) in [6, 6.07) is 0. The van der Waals surface area contributed by atoms with Gasteiger partial charge in [-0.2, -0.15) is 11.8 Å². The van der Waals surface area contributed by atoms with Crippen LogP contribution in [0.1, 0.15) is 19.8 Å². The molecule has 0 aromatic heterocycles. The van der Waals surface area contributed by atoms with E-state index in [2.05, 4.69) is 35.9 Å². The molecule has 2 rings (SSSR count). The van der Waals surface area contributed by atoms with E-state index in [1.165, 1.54) is 38.2 Å².